The molecule has 0 unspecified atom stereocenters. The Balaban J connectivity index is 1.22. The van der Waals surface area contributed by atoms with E-state index in [4.69, 9.17) is 4.74 Å². The summed E-state index contributed by atoms with van der Waals surface area (Å²) in [6.07, 6.45) is 0. The lowest BCUT2D eigenvalue weighted by atomic mass is 10.1. The van der Waals surface area contributed by atoms with Crippen LogP contribution in [0.3, 0.4) is 0 Å². The molecule has 1 saturated heterocycles. The van der Waals surface area contributed by atoms with E-state index in [1.165, 1.54) is 12.1 Å². The van der Waals surface area contributed by atoms with Crippen molar-refractivity contribution in [1.29, 1.82) is 0 Å². The average molecular weight is 485 g/mol. The van der Waals surface area contributed by atoms with Gasteiger partial charge in [0.05, 0.1) is 18.2 Å². The van der Waals surface area contributed by atoms with Gasteiger partial charge in [0.1, 0.15) is 17.3 Å². The lowest BCUT2D eigenvalue weighted by molar-refractivity contribution is 0.0740. The summed E-state index contributed by atoms with van der Waals surface area (Å²) in [5.74, 6) is -0.544. The van der Waals surface area contributed by atoms with Crippen LogP contribution in [0.15, 0.2) is 78.9 Å². The molecule has 1 N–H and O–H groups in total. The number of carbonyl (C=O) groups is 2. The fraction of sp³-hybridized carbons (Fsp3) is 0.179. The maximum absolute atomic E-state index is 13.8. The van der Waals surface area contributed by atoms with Crippen molar-refractivity contribution in [2.45, 2.75) is 0 Å². The number of fused-ring (bicyclic) bond motifs is 1. The van der Waals surface area contributed by atoms with Crippen LogP contribution in [0, 0.1) is 5.82 Å². The van der Waals surface area contributed by atoms with Gasteiger partial charge >= 0.3 is 0 Å². The molecule has 0 bridgehead atoms. The fourth-order valence-electron chi connectivity index (χ4n) is 4.35. The summed E-state index contributed by atoms with van der Waals surface area (Å²) >= 11 is 0. The molecule has 0 saturated carbocycles. The van der Waals surface area contributed by atoms with E-state index in [-0.39, 0.29) is 11.5 Å². The van der Waals surface area contributed by atoms with Crippen molar-refractivity contribution < 1.29 is 18.7 Å². The largest absolute Gasteiger partial charge is 0.496 e. The monoisotopic (exact) mass is 484 g/mol. The van der Waals surface area contributed by atoms with Gasteiger partial charge in [-0.15, -0.1) is 0 Å². The average Bonchev–Trinajstić information content (AvgIpc) is 2.92. The van der Waals surface area contributed by atoms with Crippen molar-refractivity contribution in [2.75, 3.05) is 43.5 Å². The second-order valence-corrected chi connectivity index (χ2v) is 8.49. The van der Waals surface area contributed by atoms with Gasteiger partial charge in [0.15, 0.2) is 0 Å². The summed E-state index contributed by atoms with van der Waals surface area (Å²) in [5, 5.41) is 3.59. The molecular weight excluding hydrogens is 459 g/mol. The van der Waals surface area contributed by atoms with Crippen molar-refractivity contribution in [3.63, 3.8) is 0 Å². The molecule has 5 rings (SSSR count). The van der Waals surface area contributed by atoms with Gasteiger partial charge in [0.25, 0.3) is 11.8 Å². The van der Waals surface area contributed by atoms with Gasteiger partial charge in [-0.1, -0.05) is 24.3 Å². The Morgan fingerprint density at radius 2 is 1.61 bits per heavy atom. The summed E-state index contributed by atoms with van der Waals surface area (Å²) in [5.41, 5.74) is 2.66. The van der Waals surface area contributed by atoms with Crippen LogP contribution in [0.4, 0.5) is 15.8 Å². The van der Waals surface area contributed by atoms with Gasteiger partial charge in [-0.05, 0) is 48.5 Å². The van der Waals surface area contributed by atoms with Crippen molar-refractivity contribution >= 4 is 34.1 Å². The number of carbonyl (C=O) groups excluding carboxylic acids is 2. The van der Waals surface area contributed by atoms with Crippen molar-refractivity contribution in [3.05, 3.63) is 95.9 Å². The first-order valence-corrected chi connectivity index (χ1v) is 11.7. The second kappa shape index (κ2) is 10.0. The predicted octanol–water partition coefficient (Wildman–Crippen LogP) is 4.60. The Kier molecular flexibility index (Phi) is 6.49. The molecule has 2 amide bonds. The highest BCUT2D eigenvalue weighted by Crippen LogP contribution is 2.26. The van der Waals surface area contributed by atoms with Gasteiger partial charge in [0, 0.05) is 49.0 Å². The number of nitrogens with zero attached hydrogens (tertiary/aromatic N) is 3. The van der Waals surface area contributed by atoms with Crippen LogP contribution < -0.4 is 15.0 Å². The number of rotatable bonds is 5. The molecular formula is C28H25FN4O3. The summed E-state index contributed by atoms with van der Waals surface area (Å²) in [7, 11) is 1.59. The minimum Gasteiger partial charge on any atom is -0.496 e. The highest BCUT2D eigenvalue weighted by atomic mass is 19.1. The Labute approximate surface area is 208 Å². The molecule has 182 valence electrons. The lowest BCUT2D eigenvalue weighted by Gasteiger charge is -2.36. The number of methoxy groups -OCH3 is 1. The third-order valence-corrected chi connectivity index (χ3v) is 6.29. The molecule has 0 aliphatic carbocycles. The van der Waals surface area contributed by atoms with Crippen LogP contribution in [0.1, 0.15) is 20.8 Å². The molecule has 1 aliphatic heterocycles. The molecule has 8 heteroatoms. The number of ether oxygens (including phenoxy) is 1. The number of halogens is 1. The topological polar surface area (TPSA) is 74.8 Å². The third kappa shape index (κ3) is 4.70. The van der Waals surface area contributed by atoms with Crippen LogP contribution in [-0.4, -0.2) is 55.0 Å². The SMILES string of the molecule is COc1cc(C(=O)N2CCN(c3ccc(NC(=O)c4ccccc4F)cc3)CC2)nc2ccccc12. The first-order chi connectivity index (χ1) is 17.5. The molecule has 3 aromatic carbocycles. The molecule has 4 aromatic rings. The number of benzene rings is 3. The van der Waals surface area contributed by atoms with Gasteiger partial charge in [-0.3, -0.25) is 9.59 Å². The number of amides is 2. The number of anilines is 2. The van der Waals surface area contributed by atoms with Crippen molar-refractivity contribution in [1.82, 2.24) is 9.88 Å². The molecule has 0 spiro atoms. The quantitative estimate of drug-likeness (QED) is 0.448. The Bertz CT molecular complexity index is 1420. The Morgan fingerprint density at radius 1 is 0.917 bits per heavy atom. The van der Waals surface area contributed by atoms with E-state index in [0.29, 0.717) is 43.3 Å². The predicted molar refractivity (Wildman–Crippen MR) is 137 cm³/mol. The summed E-state index contributed by atoms with van der Waals surface area (Å²) in [6.45, 7) is 2.44. The highest BCUT2D eigenvalue weighted by molar-refractivity contribution is 6.04. The zero-order valence-corrected chi connectivity index (χ0v) is 19.8. The van der Waals surface area contributed by atoms with Crippen LogP contribution in [-0.2, 0) is 0 Å². The third-order valence-electron chi connectivity index (χ3n) is 6.29. The molecule has 1 aromatic heterocycles. The zero-order chi connectivity index (χ0) is 25.1. The minimum atomic E-state index is -0.559. The maximum atomic E-state index is 13.8. The maximum Gasteiger partial charge on any atom is 0.272 e. The highest BCUT2D eigenvalue weighted by Gasteiger charge is 2.24. The van der Waals surface area contributed by atoms with E-state index >= 15 is 0 Å². The van der Waals surface area contributed by atoms with Gasteiger partial charge < -0.3 is 19.9 Å². The van der Waals surface area contributed by atoms with E-state index in [0.717, 1.165) is 16.6 Å². The smallest absolute Gasteiger partial charge is 0.272 e. The van der Waals surface area contributed by atoms with Crippen LogP contribution >= 0.6 is 0 Å². The number of hydrogen-bond acceptors (Lipinski definition) is 5. The molecule has 36 heavy (non-hydrogen) atoms. The number of pyridine rings is 1. The number of para-hydroxylation sites is 1. The first kappa shape index (κ1) is 23.3. The molecule has 0 atom stereocenters. The molecule has 1 aliphatic rings. The Morgan fingerprint density at radius 3 is 2.33 bits per heavy atom. The molecule has 0 radical (unpaired) electrons. The van der Waals surface area contributed by atoms with E-state index in [9.17, 15) is 14.0 Å². The Hall–Kier alpha value is -4.46. The van der Waals surface area contributed by atoms with Crippen LogP contribution in [0.5, 0.6) is 5.75 Å². The number of hydrogen-bond donors (Lipinski definition) is 1. The van der Waals surface area contributed by atoms with E-state index in [2.05, 4.69) is 15.2 Å². The number of aromatic nitrogens is 1. The normalized spacial score (nSPS) is 13.5. The van der Waals surface area contributed by atoms with E-state index in [1.54, 1.807) is 42.3 Å². The second-order valence-electron chi connectivity index (χ2n) is 8.49. The first-order valence-electron chi connectivity index (χ1n) is 11.7. The van der Waals surface area contributed by atoms with Gasteiger partial charge in [-0.25, -0.2) is 9.37 Å². The fourth-order valence-corrected chi connectivity index (χ4v) is 4.35. The van der Waals surface area contributed by atoms with Crippen LogP contribution in [0.2, 0.25) is 0 Å². The van der Waals surface area contributed by atoms with Gasteiger partial charge in [-0.2, -0.15) is 0 Å². The molecule has 2 heterocycles. The zero-order valence-electron chi connectivity index (χ0n) is 19.8. The summed E-state index contributed by atoms with van der Waals surface area (Å²) < 4.78 is 19.3. The standard InChI is InChI=1S/C28H25FN4O3/c1-36-26-18-25(31-24-9-5-3-7-22(24)26)28(35)33-16-14-32(15-17-33)20-12-10-19(11-13-20)30-27(34)21-6-2-4-8-23(21)29/h2-13,18H,14-17H2,1H3,(H,30,34). The van der Waals surface area contributed by atoms with Crippen molar-refractivity contribution in [2.24, 2.45) is 0 Å². The number of nitrogens with one attached hydrogen (secondary N) is 1. The van der Waals surface area contributed by atoms with E-state index < -0.39 is 11.7 Å². The number of piperazine rings is 1. The molecule has 1 fully saturated rings. The molecule has 7 nitrogen and oxygen atoms in total. The van der Waals surface area contributed by atoms with E-state index in [1.807, 2.05) is 36.4 Å². The van der Waals surface area contributed by atoms with Gasteiger partial charge in [0.2, 0.25) is 0 Å². The minimum absolute atomic E-state index is 0.000823. The van der Waals surface area contributed by atoms with Crippen LogP contribution in [0.25, 0.3) is 10.9 Å². The summed E-state index contributed by atoms with van der Waals surface area (Å²) in [6, 6.07) is 22.6. The van der Waals surface area contributed by atoms with Crippen molar-refractivity contribution in [3.8, 4) is 5.75 Å². The summed E-state index contributed by atoms with van der Waals surface area (Å²) in [4.78, 5) is 34.0. The lowest BCUT2D eigenvalue weighted by Crippen LogP contribution is -2.49.